The number of rotatable bonds is 64. The van der Waals surface area contributed by atoms with Crippen LogP contribution < -0.4 is 0 Å². The second-order valence-corrected chi connectivity index (χ2v) is 26.0. The predicted octanol–water partition coefficient (Wildman–Crippen LogP) is 22.1. The van der Waals surface area contributed by atoms with Crippen molar-refractivity contribution in [1.82, 2.24) is 0 Å². The Morgan fingerprint density at radius 1 is 0.400 bits per heavy atom. The molecule has 0 rings (SSSR count). The van der Waals surface area contributed by atoms with Crippen LogP contribution in [0, 0.1) is 0 Å². The Labute approximate surface area is 496 Å². The van der Waals surface area contributed by atoms with Crippen LogP contribution in [0.5, 0.6) is 0 Å². The molecule has 10 heteroatoms. The van der Waals surface area contributed by atoms with E-state index < -0.39 is 26.5 Å². The number of quaternary nitrogens is 1. The zero-order chi connectivity index (χ0) is 58.4. The fourth-order valence-corrected chi connectivity index (χ4v) is 10.9. The second-order valence-electron chi connectivity index (χ2n) is 24.5. The summed E-state index contributed by atoms with van der Waals surface area (Å²) >= 11 is 0. The SMILES string of the molecule is CC/C=C\C/C=C\C/C=C\C/C=C\CCCCCCCCCCCCCCCCCCCCCCCCCCCCCCC(=O)OC(COC(=O)CCCCCCCCCCCCCCCCC)COP(=O)(O)OCC[N+](C)(C)C. The van der Waals surface area contributed by atoms with Gasteiger partial charge >= 0.3 is 19.8 Å². The van der Waals surface area contributed by atoms with Crippen LogP contribution >= 0.6 is 7.82 Å². The maximum Gasteiger partial charge on any atom is 0.472 e. The van der Waals surface area contributed by atoms with Gasteiger partial charge in [-0.1, -0.05) is 319 Å². The number of nitrogens with zero attached hydrogens (tertiary/aromatic N) is 1. The van der Waals surface area contributed by atoms with Gasteiger partial charge < -0.3 is 18.9 Å². The van der Waals surface area contributed by atoms with Crippen LogP contribution in [-0.2, 0) is 32.7 Å². The number of unbranched alkanes of at least 4 members (excludes halogenated alkanes) is 42. The van der Waals surface area contributed by atoms with Gasteiger partial charge in [0.25, 0.3) is 0 Å². The Morgan fingerprint density at radius 3 is 1.06 bits per heavy atom. The van der Waals surface area contributed by atoms with Crippen LogP contribution in [0.3, 0.4) is 0 Å². The average Bonchev–Trinajstić information content (AvgIpc) is 3.42. The zero-order valence-corrected chi connectivity index (χ0v) is 54.5. The van der Waals surface area contributed by atoms with Crippen molar-refractivity contribution in [3.05, 3.63) is 48.6 Å². The molecule has 0 aliphatic rings. The smallest absolute Gasteiger partial charge is 0.462 e. The number of phosphoric acid groups is 1. The van der Waals surface area contributed by atoms with Gasteiger partial charge in [-0.15, -0.1) is 0 Å². The molecule has 0 aromatic carbocycles. The van der Waals surface area contributed by atoms with E-state index in [1.807, 2.05) is 21.1 Å². The first-order valence-corrected chi connectivity index (χ1v) is 35.9. The molecule has 0 spiro atoms. The number of phosphoric ester groups is 1. The Bertz CT molecular complexity index is 1490. The summed E-state index contributed by atoms with van der Waals surface area (Å²) in [6.45, 7) is 4.37. The van der Waals surface area contributed by atoms with E-state index in [9.17, 15) is 19.0 Å². The van der Waals surface area contributed by atoms with Crippen molar-refractivity contribution >= 4 is 19.8 Å². The largest absolute Gasteiger partial charge is 0.472 e. The third kappa shape index (κ3) is 65.1. The molecule has 0 saturated heterocycles. The monoisotopic (exact) mass is 1150 g/mol. The zero-order valence-electron chi connectivity index (χ0n) is 53.6. The van der Waals surface area contributed by atoms with Gasteiger partial charge in [0.2, 0.25) is 0 Å². The molecule has 1 N–H and O–H groups in total. The van der Waals surface area contributed by atoms with Gasteiger partial charge in [0, 0.05) is 12.8 Å². The first kappa shape index (κ1) is 78.0. The molecule has 2 unspecified atom stereocenters. The van der Waals surface area contributed by atoms with E-state index in [0.717, 1.165) is 57.8 Å². The molecule has 0 aliphatic carbocycles. The predicted molar refractivity (Wildman–Crippen MR) is 344 cm³/mol. The molecular weight excluding hydrogens is 1010 g/mol. The molecule has 0 radical (unpaired) electrons. The summed E-state index contributed by atoms with van der Waals surface area (Å²) < 4.78 is 34.6. The lowest BCUT2D eigenvalue weighted by Gasteiger charge is -2.24. The first-order chi connectivity index (χ1) is 39.0. The van der Waals surface area contributed by atoms with Gasteiger partial charge in [0.1, 0.15) is 19.8 Å². The van der Waals surface area contributed by atoms with Crippen LogP contribution in [0.1, 0.15) is 335 Å². The number of carbonyl (C=O) groups excluding carboxylic acids is 2. The highest BCUT2D eigenvalue weighted by Gasteiger charge is 2.27. The van der Waals surface area contributed by atoms with Gasteiger partial charge in [0.15, 0.2) is 6.10 Å². The van der Waals surface area contributed by atoms with Crippen LogP contribution in [0.4, 0.5) is 0 Å². The standard InChI is InChI=1S/C70H132NO8P/c1-6-8-10-12-14-16-18-20-22-23-24-25-26-27-28-29-30-31-32-33-34-35-36-37-38-39-40-41-42-43-44-45-46-47-49-51-53-55-57-59-61-63-70(73)79-68(67-78-80(74,75)77-65-64-71(3,4)5)66-76-69(72)62-60-58-56-54-52-50-48-21-19-17-15-13-11-9-7-2/h8,10,14,16,20,22,24-25,68H,6-7,9,11-13,15,17-19,21,23,26-67H2,1-5H3/p+1/b10-8-,16-14-,22-20-,25-24-. The number of ether oxygens (including phenoxy) is 2. The van der Waals surface area contributed by atoms with E-state index in [1.54, 1.807) is 0 Å². The molecule has 0 heterocycles. The first-order valence-electron chi connectivity index (χ1n) is 34.4. The maximum atomic E-state index is 12.8. The maximum absolute atomic E-state index is 12.8. The van der Waals surface area contributed by atoms with E-state index in [0.29, 0.717) is 23.9 Å². The molecule has 0 amide bonds. The lowest BCUT2D eigenvalue weighted by molar-refractivity contribution is -0.870. The third-order valence-electron chi connectivity index (χ3n) is 15.4. The summed E-state index contributed by atoms with van der Waals surface area (Å²) in [5, 5.41) is 0. The molecule has 0 fully saturated rings. The minimum Gasteiger partial charge on any atom is -0.462 e. The van der Waals surface area contributed by atoms with Gasteiger partial charge in [0.05, 0.1) is 27.7 Å². The lowest BCUT2D eigenvalue weighted by atomic mass is 10.0. The Balaban J connectivity index is 3.84. The third-order valence-corrected chi connectivity index (χ3v) is 16.4. The van der Waals surface area contributed by atoms with E-state index >= 15 is 0 Å². The minimum absolute atomic E-state index is 0.0354. The number of esters is 2. The van der Waals surface area contributed by atoms with E-state index in [2.05, 4.69) is 62.5 Å². The number of hydrogen-bond donors (Lipinski definition) is 1. The highest BCUT2D eigenvalue weighted by molar-refractivity contribution is 7.47. The summed E-state index contributed by atoms with van der Waals surface area (Å²) in [6, 6.07) is 0. The molecular formula is C70H133NO8P+. The van der Waals surface area contributed by atoms with Crippen molar-refractivity contribution < 1.29 is 42.1 Å². The van der Waals surface area contributed by atoms with Gasteiger partial charge in [-0.05, 0) is 51.4 Å². The molecule has 80 heavy (non-hydrogen) atoms. The van der Waals surface area contributed by atoms with Crippen molar-refractivity contribution in [1.29, 1.82) is 0 Å². The second kappa shape index (κ2) is 61.5. The van der Waals surface area contributed by atoms with Crippen molar-refractivity contribution in [2.24, 2.45) is 0 Å². The van der Waals surface area contributed by atoms with Crippen molar-refractivity contribution in [2.45, 2.75) is 341 Å². The topological polar surface area (TPSA) is 108 Å². The molecule has 0 saturated carbocycles. The number of allylic oxidation sites excluding steroid dienone is 8. The van der Waals surface area contributed by atoms with E-state index in [-0.39, 0.29) is 25.6 Å². The van der Waals surface area contributed by atoms with Crippen LogP contribution in [0.15, 0.2) is 48.6 Å². The Hall–Kier alpha value is -2.03. The highest BCUT2D eigenvalue weighted by Crippen LogP contribution is 2.43. The molecule has 2 atom stereocenters. The normalized spacial score (nSPS) is 13.4. The van der Waals surface area contributed by atoms with Crippen molar-refractivity contribution in [2.75, 3.05) is 47.5 Å². The molecule has 0 bridgehead atoms. The van der Waals surface area contributed by atoms with Gasteiger partial charge in [-0.3, -0.25) is 18.6 Å². The molecule has 9 nitrogen and oxygen atoms in total. The number of carbonyl (C=O) groups is 2. The minimum atomic E-state index is -4.38. The average molecular weight is 1150 g/mol. The van der Waals surface area contributed by atoms with Crippen LogP contribution in [-0.4, -0.2) is 74.9 Å². The quantitative estimate of drug-likeness (QED) is 0.0211. The fraction of sp³-hybridized carbons (Fsp3) is 0.857. The van der Waals surface area contributed by atoms with E-state index in [1.165, 1.54) is 244 Å². The molecule has 470 valence electrons. The summed E-state index contributed by atoms with van der Waals surface area (Å²) in [5.41, 5.74) is 0. The number of likely N-dealkylation sites (N-methyl/N-ethyl adjacent to an activating group) is 1. The molecule has 0 aliphatic heterocycles. The Morgan fingerprint density at radius 2 is 0.713 bits per heavy atom. The molecule has 0 aromatic heterocycles. The van der Waals surface area contributed by atoms with Crippen LogP contribution in [0.25, 0.3) is 0 Å². The molecule has 0 aromatic rings. The summed E-state index contributed by atoms with van der Waals surface area (Å²) in [5.74, 6) is -0.777. The van der Waals surface area contributed by atoms with Gasteiger partial charge in [-0.2, -0.15) is 0 Å². The summed E-state index contributed by atoms with van der Waals surface area (Å²) in [6.07, 6.45) is 79.5. The van der Waals surface area contributed by atoms with Gasteiger partial charge in [-0.25, -0.2) is 4.57 Å². The number of hydrogen-bond acceptors (Lipinski definition) is 7. The summed E-state index contributed by atoms with van der Waals surface area (Å²) in [7, 11) is 1.50. The fourth-order valence-electron chi connectivity index (χ4n) is 10.1. The van der Waals surface area contributed by atoms with Crippen molar-refractivity contribution in [3.63, 3.8) is 0 Å². The lowest BCUT2D eigenvalue weighted by Crippen LogP contribution is -2.37. The Kier molecular flexibility index (Phi) is 60.0. The highest BCUT2D eigenvalue weighted by atomic mass is 31.2. The summed E-state index contributed by atoms with van der Waals surface area (Å²) in [4.78, 5) is 35.7. The van der Waals surface area contributed by atoms with Crippen molar-refractivity contribution in [3.8, 4) is 0 Å². The van der Waals surface area contributed by atoms with E-state index in [4.69, 9.17) is 18.5 Å². The van der Waals surface area contributed by atoms with Crippen LogP contribution in [0.2, 0.25) is 0 Å².